The zero-order valence-electron chi connectivity index (χ0n) is 12.2. The first kappa shape index (κ1) is 14.7. The van der Waals surface area contributed by atoms with Gasteiger partial charge >= 0.3 is 0 Å². The Hall–Kier alpha value is -3.21. The van der Waals surface area contributed by atoms with E-state index in [4.69, 9.17) is 0 Å². The average molecular weight is 305 g/mol. The fourth-order valence-corrected chi connectivity index (χ4v) is 2.36. The first-order valence-electron chi connectivity index (χ1n) is 7.09. The molecule has 0 fully saturated rings. The van der Waals surface area contributed by atoms with E-state index in [2.05, 4.69) is 5.10 Å². The Morgan fingerprint density at radius 1 is 1.04 bits per heavy atom. The molecule has 3 rings (SSSR count). The summed E-state index contributed by atoms with van der Waals surface area (Å²) in [5, 5.41) is 15.8. The maximum Gasteiger partial charge on any atom is 0.274 e. The van der Waals surface area contributed by atoms with Crippen LogP contribution in [0.2, 0.25) is 0 Å². The second-order valence-electron chi connectivity index (χ2n) is 4.98. The van der Waals surface area contributed by atoms with Crippen LogP contribution in [0.4, 0.5) is 0 Å². The van der Waals surface area contributed by atoms with Gasteiger partial charge in [0.2, 0.25) is 0 Å². The fraction of sp³-hybridized carbons (Fsp3) is 0.0556. The third-order valence-electron chi connectivity index (χ3n) is 3.45. The molecule has 23 heavy (non-hydrogen) atoms. The standard InChI is InChI=1S/C18H14N2O3/c21-17-15-11-5-4-10-14(15)16(18(22)23)19-20(17)12-6-9-13-7-2-1-3-8-13/h1-11H,12H2,(H,22,23)/p-1/b9-6+. The van der Waals surface area contributed by atoms with Crippen LogP contribution >= 0.6 is 0 Å². The molecule has 0 saturated heterocycles. The smallest absolute Gasteiger partial charge is 0.274 e. The molecule has 0 aliphatic carbocycles. The van der Waals surface area contributed by atoms with Gasteiger partial charge in [-0.25, -0.2) is 4.68 Å². The number of hydrogen-bond acceptors (Lipinski definition) is 4. The van der Waals surface area contributed by atoms with Gasteiger partial charge < -0.3 is 9.90 Å². The van der Waals surface area contributed by atoms with Crippen LogP contribution in [-0.4, -0.2) is 15.7 Å². The van der Waals surface area contributed by atoms with Gasteiger partial charge in [0, 0.05) is 5.39 Å². The lowest BCUT2D eigenvalue weighted by Crippen LogP contribution is -2.30. The lowest BCUT2D eigenvalue weighted by molar-refractivity contribution is -0.255. The van der Waals surface area contributed by atoms with Crippen LogP contribution in [0.3, 0.4) is 0 Å². The largest absolute Gasteiger partial charge is 0.543 e. The van der Waals surface area contributed by atoms with E-state index in [1.807, 2.05) is 36.4 Å². The van der Waals surface area contributed by atoms with Crippen molar-refractivity contribution in [2.45, 2.75) is 6.54 Å². The highest BCUT2D eigenvalue weighted by molar-refractivity contribution is 6.00. The third kappa shape index (κ3) is 3.03. The summed E-state index contributed by atoms with van der Waals surface area (Å²) < 4.78 is 1.13. The number of aromatic carboxylic acids is 1. The van der Waals surface area contributed by atoms with E-state index >= 15 is 0 Å². The fourth-order valence-electron chi connectivity index (χ4n) is 2.36. The van der Waals surface area contributed by atoms with E-state index < -0.39 is 5.97 Å². The lowest BCUT2D eigenvalue weighted by atomic mass is 10.1. The number of carboxylic acids is 1. The Morgan fingerprint density at radius 3 is 2.39 bits per heavy atom. The number of fused-ring (bicyclic) bond motifs is 1. The Balaban J connectivity index is 2.01. The van der Waals surface area contributed by atoms with Gasteiger partial charge in [-0.1, -0.05) is 60.7 Å². The number of allylic oxidation sites excluding steroid dienone is 1. The molecule has 3 aromatic rings. The minimum absolute atomic E-state index is 0.179. The molecule has 0 aliphatic heterocycles. The van der Waals surface area contributed by atoms with Crippen molar-refractivity contribution in [2.24, 2.45) is 0 Å². The summed E-state index contributed by atoms with van der Waals surface area (Å²) in [6, 6.07) is 16.1. The van der Waals surface area contributed by atoms with E-state index in [9.17, 15) is 14.7 Å². The molecule has 1 aromatic heterocycles. The number of aromatic nitrogens is 2. The number of benzene rings is 2. The summed E-state index contributed by atoms with van der Waals surface area (Å²) in [5.41, 5.74) is 0.429. The monoisotopic (exact) mass is 305 g/mol. The van der Waals surface area contributed by atoms with Crippen LogP contribution in [0.1, 0.15) is 16.1 Å². The minimum atomic E-state index is -1.40. The molecule has 2 aromatic carbocycles. The van der Waals surface area contributed by atoms with Crippen molar-refractivity contribution in [1.29, 1.82) is 0 Å². The van der Waals surface area contributed by atoms with Gasteiger partial charge in [0.25, 0.3) is 5.56 Å². The number of carbonyl (C=O) groups excluding carboxylic acids is 1. The highest BCUT2D eigenvalue weighted by atomic mass is 16.4. The second kappa shape index (κ2) is 6.27. The Bertz CT molecular complexity index is 943. The SMILES string of the molecule is O=C([O-])c1nn(C/C=C/c2ccccc2)c(=O)c2ccccc12. The quantitative estimate of drug-likeness (QED) is 0.731. The van der Waals surface area contributed by atoms with Crippen molar-refractivity contribution in [2.75, 3.05) is 0 Å². The van der Waals surface area contributed by atoms with Gasteiger partial charge in [0.1, 0.15) is 5.69 Å². The maximum absolute atomic E-state index is 12.4. The summed E-state index contributed by atoms with van der Waals surface area (Å²) in [6.07, 6.45) is 3.61. The van der Waals surface area contributed by atoms with Crippen LogP contribution < -0.4 is 10.7 Å². The van der Waals surface area contributed by atoms with Gasteiger partial charge in [-0.3, -0.25) is 4.79 Å². The molecule has 0 N–H and O–H groups in total. The number of nitrogens with zero attached hydrogens (tertiary/aromatic N) is 2. The molecule has 0 radical (unpaired) electrons. The van der Waals surface area contributed by atoms with E-state index in [0.29, 0.717) is 10.8 Å². The number of carboxylic acid groups (broad SMARTS) is 1. The molecule has 0 bridgehead atoms. The van der Waals surface area contributed by atoms with E-state index in [1.54, 1.807) is 30.3 Å². The van der Waals surface area contributed by atoms with Crippen molar-refractivity contribution in [3.63, 3.8) is 0 Å². The van der Waals surface area contributed by atoms with Gasteiger partial charge in [-0.05, 0) is 11.6 Å². The molecule has 0 saturated carbocycles. The van der Waals surface area contributed by atoms with Crippen molar-refractivity contribution in [3.05, 3.63) is 82.3 Å². The predicted molar refractivity (Wildman–Crippen MR) is 85.8 cm³/mol. The van der Waals surface area contributed by atoms with E-state index in [0.717, 1.165) is 10.2 Å². The van der Waals surface area contributed by atoms with Crippen LogP contribution in [0.5, 0.6) is 0 Å². The van der Waals surface area contributed by atoms with Crippen molar-refractivity contribution in [3.8, 4) is 0 Å². The first-order chi connectivity index (χ1) is 11.2. The number of hydrogen-bond donors (Lipinski definition) is 0. The number of carbonyl (C=O) groups is 1. The zero-order valence-corrected chi connectivity index (χ0v) is 12.2. The van der Waals surface area contributed by atoms with Crippen molar-refractivity contribution >= 4 is 22.8 Å². The third-order valence-corrected chi connectivity index (χ3v) is 3.45. The molecule has 0 aliphatic rings. The van der Waals surface area contributed by atoms with Gasteiger partial charge in [0.05, 0.1) is 17.9 Å². The van der Waals surface area contributed by atoms with Gasteiger partial charge in [-0.2, -0.15) is 5.10 Å². The predicted octanol–water partition coefficient (Wildman–Crippen LogP) is 1.47. The van der Waals surface area contributed by atoms with Crippen LogP contribution in [0.15, 0.2) is 65.5 Å². The summed E-state index contributed by atoms with van der Waals surface area (Å²) >= 11 is 0. The first-order valence-corrected chi connectivity index (χ1v) is 7.09. The summed E-state index contributed by atoms with van der Waals surface area (Å²) in [5.74, 6) is -1.40. The summed E-state index contributed by atoms with van der Waals surface area (Å²) in [6.45, 7) is 0.179. The zero-order chi connectivity index (χ0) is 16.2. The second-order valence-corrected chi connectivity index (χ2v) is 4.98. The Labute approximate surface area is 132 Å². The van der Waals surface area contributed by atoms with Crippen molar-refractivity contribution in [1.82, 2.24) is 9.78 Å². The molecule has 114 valence electrons. The van der Waals surface area contributed by atoms with E-state index in [-0.39, 0.29) is 17.8 Å². The molecular formula is C18H13N2O3-. The topological polar surface area (TPSA) is 75.0 Å². The summed E-state index contributed by atoms with van der Waals surface area (Å²) in [4.78, 5) is 23.7. The highest BCUT2D eigenvalue weighted by Gasteiger charge is 2.09. The lowest BCUT2D eigenvalue weighted by Gasteiger charge is -2.10. The van der Waals surface area contributed by atoms with Crippen LogP contribution in [-0.2, 0) is 6.54 Å². The molecule has 5 nitrogen and oxygen atoms in total. The highest BCUT2D eigenvalue weighted by Crippen LogP contribution is 2.12. The molecule has 0 amide bonds. The van der Waals surface area contributed by atoms with Gasteiger partial charge in [0.15, 0.2) is 0 Å². The van der Waals surface area contributed by atoms with Crippen LogP contribution in [0.25, 0.3) is 16.8 Å². The molecular weight excluding hydrogens is 292 g/mol. The average Bonchev–Trinajstić information content (AvgIpc) is 2.58. The minimum Gasteiger partial charge on any atom is -0.543 e. The number of rotatable bonds is 4. The Morgan fingerprint density at radius 2 is 1.70 bits per heavy atom. The molecule has 1 heterocycles. The Kier molecular flexibility index (Phi) is 4.01. The summed E-state index contributed by atoms with van der Waals surface area (Å²) in [7, 11) is 0. The van der Waals surface area contributed by atoms with Crippen LogP contribution in [0, 0.1) is 0 Å². The molecule has 0 atom stereocenters. The maximum atomic E-state index is 12.4. The van der Waals surface area contributed by atoms with Crippen molar-refractivity contribution < 1.29 is 9.90 Å². The van der Waals surface area contributed by atoms with E-state index in [1.165, 1.54) is 0 Å². The normalized spacial score (nSPS) is 11.1. The van der Waals surface area contributed by atoms with Gasteiger partial charge in [-0.15, -0.1) is 0 Å². The molecule has 0 unspecified atom stereocenters. The molecule has 5 heteroatoms. The molecule has 0 spiro atoms.